The van der Waals surface area contributed by atoms with E-state index in [0.29, 0.717) is 17.5 Å². The minimum atomic E-state index is -4.69. The lowest BCUT2D eigenvalue weighted by molar-refractivity contribution is -0.274. The molecule has 0 aliphatic rings. The first-order valence-corrected chi connectivity index (χ1v) is 5.36. The van der Waals surface area contributed by atoms with E-state index >= 15 is 0 Å². The number of aliphatic hydroxyl groups excluding tert-OH is 1. The number of hydrogen-bond donors (Lipinski definition) is 1. The molecular formula is C12H15F3O2. The average Bonchev–Trinajstić information content (AvgIpc) is 2.25. The van der Waals surface area contributed by atoms with Gasteiger partial charge >= 0.3 is 6.36 Å². The summed E-state index contributed by atoms with van der Waals surface area (Å²) in [6.45, 7) is 3.38. The van der Waals surface area contributed by atoms with Gasteiger partial charge in [-0.3, -0.25) is 0 Å². The zero-order valence-corrected chi connectivity index (χ0v) is 9.71. The molecule has 1 aromatic rings. The van der Waals surface area contributed by atoms with E-state index in [0.717, 1.165) is 0 Å². The van der Waals surface area contributed by atoms with Crippen LogP contribution < -0.4 is 4.74 Å². The summed E-state index contributed by atoms with van der Waals surface area (Å²) in [7, 11) is 0. The lowest BCUT2D eigenvalue weighted by Crippen LogP contribution is -2.18. The van der Waals surface area contributed by atoms with Crippen molar-refractivity contribution < 1.29 is 23.0 Å². The summed E-state index contributed by atoms with van der Waals surface area (Å²) >= 11 is 0. The van der Waals surface area contributed by atoms with Crippen molar-refractivity contribution in [2.24, 2.45) is 0 Å². The Kier molecular flexibility index (Phi) is 4.40. The van der Waals surface area contributed by atoms with Crippen molar-refractivity contribution >= 4 is 0 Å². The van der Waals surface area contributed by atoms with Crippen molar-refractivity contribution in [1.29, 1.82) is 0 Å². The van der Waals surface area contributed by atoms with Crippen LogP contribution >= 0.6 is 0 Å². The molecule has 96 valence electrons. The second kappa shape index (κ2) is 5.40. The molecule has 0 aliphatic heterocycles. The van der Waals surface area contributed by atoms with Crippen LogP contribution in [0.25, 0.3) is 0 Å². The third kappa shape index (κ3) is 3.93. The molecule has 5 heteroatoms. The molecule has 1 N–H and O–H groups in total. The number of hydrogen-bond acceptors (Lipinski definition) is 2. The van der Waals surface area contributed by atoms with Crippen LogP contribution in [-0.2, 0) is 6.42 Å². The molecule has 0 saturated carbocycles. The number of ether oxygens (including phenoxy) is 1. The first-order valence-electron chi connectivity index (χ1n) is 5.36. The fraction of sp³-hybridized carbons (Fsp3) is 0.500. The van der Waals surface area contributed by atoms with Crippen LogP contribution in [0.3, 0.4) is 0 Å². The van der Waals surface area contributed by atoms with Crippen molar-refractivity contribution in [1.82, 2.24) is 0 Å². The summed E-state index contributed by atoms with van der Waals surface area (Å²) in [6, 6.07) is 4.65. The zero-order chi connectivity index (χ0) is 13.1. The molecule has 2 nitrogen and oxygen atoms in total. The monoisotopic (exact) mass is 248 g/mol. The van der Waals surface area contributed by atoms with Gasteiger partial charge in [0.1, 0.15) is 5.75 Å². The van der Waals surface area contributed by atoms with Gasteiger partial charge in [-0.2, -0.15) is 0 Å². The molecule has 1 unspecified atom stereocenters. The second-order valence-corrected chi connectivity index (χ2v) is 3.85. The fourth-order valence-electron chi connectivity index (χ4n) is 1.49. The first kappa shape index (κ1) is 13.8. The van der Waals surface area contributed by atoms with Crippen molar-refractivity contribution in [3.8, 4) is 5.75 Å². The number of aryl methyl sites for hydroxylation is 1. The van der Waals surface area contributed by atoms with Gasteiger partial charge in [0.05, 0.1) is 0 Å². The quantitative estimate of drug-likeness (QED) is 0.886. The Balaban J connectivity index is 3.06. The lowest BCUT2D eigenvalue weighted by Gasteiger charge is -2.15. The normalized spacial score (nSPS) is 13.5. The predicted molar refractivity (Wildman–Crippen MR) is 58.0 cm³/mol. The maximum absolute atomic E-state index is 12.2. The molecular weight excluding hydrogens is 233 g/mol. The van der Waals surface area contributed by atoms with Gasteiger partial charge in [-0.15, -0.1) is 13.2 Å². The van der Waals surface area contributed by atoms with E-state index in [-0.39, 0.29) is 18.3 Å². The number of benzene rings is 1. The Morgan fingerprint density at radius 1 is 1.35 bits per heavy atom. The molecule has 17 heavy (non-hydrogen) atoms. The molecule has 0 spiro atoms. The molecule has 0 saturated heterocycles. The maximum Gasteiger partial charge on any atom is 0.573 e. The Morgan fingerprint density at radius 2 is 2.00 bits per heavy atom. The van der Waals surface area contributed by atoms with Gasteiger partial charge in [0.25, 0.3) is 0 Å². The lowest BCUT2D eigenvalue weighted by atomic mass is 9.99. The summed E-state index contributed by atoms with van der Waals surface area (Å²) in [4.78, 5) is 0. The third-order valence-electron chi connectivity index (χ3n) is 2.54. The van der Waals surface area contributed by atoms with Gasteiger partial charge in [-0.1, -0.05) is 26.0 Å². The Hall–Kier alpha value is -1.23. The van der Waals surface area contributed by atoms with Gasteiger partial charge in [0, 0.05) is 12.5 Å². The maximum atomic E-state index is 12.2. The van der Waals surface area contributed by atoms with Gasteiger partial charge in [-0.25, -0.2) is 0 Å². The number of alkyl halides is 3. The van der Waals surface area contributed by atoms with Crippen LogP contribution in [0.2, 0.25) is 0 Å². The molecule has 0 aromatic heterocycles. The summed E-state index contributed by atoms with van der Waals surface area (Å²) in [5.41, 5.74) is 1.13. The van der Waals surface area contributed by atoms with Gasteiger partial charge in [0.15, 0.2) is 0 Å². The van der Waals surface area contributed by atoms with E-state index in [1.807, 2.05) is 0 Å². The Morgan fingerprint density at radius 3 is 2.47 bits per heavy atom. The largest absolute Gasteiger partial charge is 0.573 e. The highest BCUT2D eigenvalue weighted by Gasteiger charge is 2.32. The minimum Gasteiger partial charge on any atom is -0.405 e. The van der Waals surface area contributed by atoms with Crippen LogP contribution in [-0.4, -0.2) is 18.1 Å². The van der Waals surface area contributed by atoms with Crippen molar-refractivity contribution in [3.63, 3.8) is 0 Å². The van der Waals surface area contributed by atoms with Gasteiger partial charge in [-0.05, 0) is 23.6 Å². The summed E-state index contributed by atoms with van der Waals surface area (Å²) < 4.78 is 40.6. The topological polar surface area (TPSA) is 29.5 Å². The molecule has 0 fully saturated rings. The molecule has 0 bridgehead atoms. The molecule has 1 atom stereocenters. The van der Waals surface area contributed by atoms with Gasteiger partial charge in [0.2, 0.25) is 0 Å². The fourth-order valence-corrected chi connectivity index (χ4v) is 1.49. The van der Waals surface area contributed by atoms with Crippen LogP contribution in [0.1, 0.15) is 30.9 Å². The third-order valence-corrected chi connectivity index (χ3v) is 2.54. The van der Waals surface area contributed by atoms with Crippen molar-refractivity contribution in [3.05, 3.63) is 29.3 Å². The van der Waals surface area contributed by atoms with Crippen LogP contribution in [0.15, 0.2) is 18.2 Å². The van der Waals surface area contributed by atoms with Gasteiger partial charge < -0.3 is 9.84 Å². The molecule has 0 aliphatic carbocycles. The minimum absolute atomic E-state index is 0.114. The van der Waals surface area contributed by atoms with E-state index in [1.54, 1.807) is 26.0 Å². The average molecular weight is 248 g/mol. The number of halogens is 3. The number of rotatable bonds is 4. The van der Waals surface area contributed by atoms with E-state index < -0.39 is 6.36 Å². The van der Waals surface area contributed by atoms with Crippen LogP contribution in [0.4, 0.5) is 13.2 Å². The van der Waals surface area contributed by atoms with E-state index in [9.17, 15) is 13.2 Å². The molecule has 0 amide bonds. The van der Waals surface area contributed by atoms with E-state index in [2.05, 4.69) is 4.74 Å². The van der Waals surface area contributed by atoms with Crippen LogP contribution in [0.5, 0.6) is 5.75 Å². The Labute approximate surface area is 98.0 Å². The smallest absolute Gasteiger partial charge is 0.405 e. The van der Waals surface area contributed by atoms with Crippen molar-refractivity contribution in [2.75, 3.05) is 6.61 Å². The van der Waals surface area contributed by atoms with Crippen molar-refractivity contribution in [2.45, 2.75) is 32.5 Å². The van der Waals surface area contributed by atoms with Crippen LogP contribution in [0, 0.1) is 0 Å². The summed E-state index contributed by atoms with van der Waals surface area (Å²) in [5, 5.41) is 8.98. The zero-order valence-electron chi connectivity index (χ0n) is 9.71. The second-order valence-electron chi connectivity index (χ2n) is 3.85. The highest BCUT2D eigenvalue weighted by Crippen LogP contribution is 2.30. The SMILES string of the molecule is CCc1ccc(C(C)CO)cc1OC(F)(F)F. The predicted octanol–water partition coefficient (Wildman–Crippen LogP) is 3.24. The molecule has 1 aromatic carbocycles. The highest BCUT2D eigenvalue weighted by molar-refractivity contribution is 5.39. The number of aliphatic hydroxyl groups is 1. The standard InChI is InChI=1S/C12H15F3O2/c1-3-9-4-5-10(8(2)7-16)6-11(9)17-12(13,14)15/h4-6,8,16H,3,7H2,1-2H3. The highest BCUT2D eigenvalue weighted by atomic mass is 19.4. The molecule has 0 heterocycles. The summed E-state index contributed by atoms with van der Waals surface area (Å²) in [6.07, 6.45) is -4.23. The molecule has 0 radical (unpaired) electrons. The molecule has 1 rings (SSSR count). The first-order chi connectivity index (χ1) is 7.87. The Bertz CT molecular complexity index is 375. The van der Waals surface area contributed by atoms with E-state index in [1.165, 1.54) is 6.07 Å². The summed E-state index contributed by atoms with van der Waals surface area (Å²) in [5.74, 6) is -0.394. The van der Waals surface area contributed by atoms with E-state index in [4.69, 9.17) is 5.11 Å².